The Balaban J connectivity index is 2.43. The molecule has 0 aliphatic carbocycles. The van der Waals surface area contributed by atoms with E-state index >= 15 is 0 Å². The van der Waals surface area contributed by atoms with Gasteiger partial charge in [-0.2, -0.15) is 0 Å². The molecule has 1 N–H and O–H groups in total. The average molecular weight is 397 g/mol. The Morgan fingerprint density at radius 2 is 1.95 bits per heavy atom. The summed E-state index contributed by atoms with van der Waals surface area (Å²) in [4.78, 5) is 3.81. The normalized spacial score (nSPS) is 12.3. The van der Waals surface area contributed by atoms with Crippen LogP contribution in [0.4, 0.5) is 5.13 Å². The third kappa shape index (κ3) is 3.37. The highest BCUT2D eigenvalue weighted by Gasteiger charge is 2.20. The van der Waals surface area contributed by atoms with Gasteiger partial charge in [0.05, 0.1) is 4.90 Å². The van der Waals surface area contributed by atoms with Crippen molar-refractivity contribution in [3.05, 3.63) is 34.2 Å². The highest BCUT2D eigenvalue weighted by molar-refractivity contribution is 9.10. The summed E-state index contributed by atoms with van der Waals surface area (Å²) in [7, 11) is -7.21. The van der Waals surface area contributed by atoms with Crippen LogP contribution in [0.2, 0.25) is 0 Å². The van der Waals surface area contributed by atoms with Crippen LogP contribution >= 0.6 is 27.3 Å². The second-order valence-corrected chi connectivity index (χ2v) is 9.22. The number of rotatable bonds is 4. The lowest BCUT2D eigenvalue weighted by molar-refractivity contribution is 0.597. The molecule has 10 heteroatoms. The van der Waals surface area contributed by atoms with Gasteiger partial charge < -0.3 is 0 Å². The smallest absolute Gasteiger partial charge is 0.255 e. The van der Waals surface area contributed by atoms with Crippen LogP contribution in [0, 0.1) is 0 Å². The highest BCUT2D eigenvalue weighted by Crippen LogP contribution is 2.27. The third-order valence-electron chi connectivity index (χ3n) is 2.28. The van der Waals surface area contributed by atoms with Crippen molar-refractivity contribution in [2.75, 3.05) is 11.0 Å². The SMILES string of the molecule is CS(=O)(=O)c1ccc(S(=O)(=O)Nc2nccs2)c(Br)c1. The Hall–Kier alpha value is -0.970. The minimum atomic E-state index is -3.82. The molecule has 0 unspecified atom stereocenters. The summed E-state index contributed by atoms with van der Waals surface area (Å²) in [6.07, 6.45) is 2.53. The van der Waals surface area contributed by atoms with Crippen LogP contribution in [0.5, 0.6) is 0 Å². The Bertz CT molecular complexity index is 829. The van der Waals surface area contributed by atoms with Gasteiger partial charge in [-0.15, -0.1) is 11.3 Å². The van der Waals surface area contributed by atoms with E-state index in [4.69, 9.17) is 0 Å². The predicted molar refractivity (Wildman–Crippen MR) is 80.2 cm³/mol. The molecule has 2 aromatic rings. The van der Waals surface area contributed by atoms with E-state index in [0.29, 0.717) is 0 Å². The van der Waals surface area contributed by atoms with Crippen LogP contribution in [-0.4, -0.2) is 28.1 Å². The van der Waals surface area contributed by atoms with Gasteiger partial charge in [-0.25, -0.2) is 21.8 Å². The Kier molecular flexibility index (Phi) is 4.19. The molecule has 0 radical (unpaired) electrons. The molecular weight excluding hydrogens is 388 g/mol. The van der Waals surface area contributed by atoms with Gasteiger partial charge >= 0.3 is 0 Å². The Labute approximate surface area is 129 Å². The maximum atomic E-state index is 12.2. The zero-order chi connectivity index (χ0) is 15.0. The summed E-state index contributed by atoms with van der Waals surface area (Å²) >= 11 is 4.22. The Morgan fingerprint density at radius 1 is 1.25 bits per heavy atom. The maximum absolute atomic E-state index is 12.2. The zero-order valence-corrected chi connectivity index (χ0v) is 14.1. The number of aromatic nitrogens is 1. The highest BCUT2D eigenvalue weighted by atomic mass is 79.9. The van der Waals surface area contributed by atoms with Crippen LogP contribution in [0.3, 0.4) is 0 Å². The van der Waals surface area contributed by atoms with Gasteiger partial charge in [0.15, 0.2) is 15.0 Å². The lowest BCUT2D eigenvalue weighted by atomic mass is 10.4. The van der Waals surface area contributed by atoms with Gasteiger partial charge in [-0.3, -0.25) is 4.72 Å². The van der Waals surface area contributed by atoms with Crippen molar-refractivity contribution < 1.29 is 16.8 Å². The summed E-state index contributed by atoms with van der Waals surface area (Å²) in [5.74, 6) is 0. The molecule has 20 heavy (non-hydrogen) atoms. The van der Waals surface area contributed by atoms with Gasteiger partial charge in [0.2, 0.25) is 0 Å². The topological polar surface area (TPSA) is 93.2 Å². The van der Waals surface area contributed by atoms with Crippen LogP contribution < -0.4 is 4.72 Å². The van der Waals surface area contributed by atoms with E-state index in [1.54, 1.807) is 5.38 Å². The van der Waals surface area contributed by atoms with Crippen molar-refractivity contribution >= 4 is 52.3 Å². The molecule has 1 aromatic carbocycles. The first-order valence-corrected chi connectivity index (χ1v) is 10.2. The molecule has 0 atom stereocenters. The van der Waals surface area contributed by atoms with Crippen molar-refractivity contribution in [3.63, 3.8) is 0 Å². The predicted octanol–water partition coefficient (Wildman–Crippen LogP) is 2.11. The number of nitrogens with one attached hydrogen (secondary N) is 1. The van der Waals surface area contributed by atoms with Gasteiger partial charge in [-0.05, 0) is 34.1 Å². The number of hydrogen-bond acceptors (Lipinski definition) is 6. The molecule has 0 saturated carbocycles. The van der Waals surface area contributed by atoms with Gasteiger partial charge in [0, 0.05) is 22.3 Å². The number of hydrogen-bond donors (Lipinski definition) is 1. The fraction of sp³-hybridized carbons (Fsp3) is 0.100. The minimum Gasteiger partial charge on any atom is -0.255 e. The fourth-order valence-corrected chi connectivity index (χ4v) is 5.04. The molecule has 0 bridgehead atoms. The summed E-state index contributed by atoms with van der Waals surface area (Å²) in [6, 6.07) is 3.73. The number of anilines is 1. The van der Waals surface area contributed by atoms with Gasteiger partial charge in [0.1, 0.15) is 4.90 Å². The third-order valence-corrected chi connectivity index (χ3v) is 6.52. The van der Waals surface area contributed by atoms with Crippen molar-refractivity contribution in [1.82, 2.24) is 4.98 Å². The Morgan fingerprint density at radius 3 is 2.45 bits per heavy atom. The molecule has 1 heterocycles. The second-order valence-electron chi connectivity index (χ2n) is 3.81. The van der Waals surface area contributed by atoms with Crippen molar-refractivity contribution in [2.45, 2.75) is 9.79 Å². The number of benzene rings is 1. The molecule has 0 aliphatic rings. The largest absolute Gasteiger partial charge is 0.264 e. The minimum absolute atomic E-state index is 0.0394. The summed E-state index contributed by atoms with van der Waals surface area (Å²) in [5, 5.41) is 1.88. The molecule has 0 spiro atoms. The average Bonchev–Trinajstić information content (AvgIpc) is 2.79. The van der Waals surface area contributed by atoms with Crippen molar-refractivity contribution in [3.8, 4) is 0 Å². The summed E-state index contributed by atoms with van der Waals surface area (Å²) in [5.41, 5.74) is 0. The first kappa shape index (κ1) is 15.4. The monoisotopic (exact) mass is 396 g/mol. The molecule has 1 aromatic heterocycles. The molecule has 0 amide bonds. The number of sulfonamides is 1. The van der Waals surface area contributed by atoms with E-state index in [9.17, 15) is 16.8 Å². The second kappa shape index (κ2) is 5.43. The van der Waals surface area contributed by atoms with E-state index in [0.717, 1.165) is 17.6 Å². The first-order valence-electron chi connectivity index (χ1n) is 5.12. The number of halogens is 1. The molecule has 0 saturated heterocycles. The zero-order valence-electron chi connectivity index (χ0n) is 10.1. The maximum Gasteiger partial charge on any atom is 0.264 e. The molecule has 108 valence electrons. The van der Waals surface area contributed by atoms with Crippen LogP contribution in [0.1, 0.15) is 0 Å². The van der Waals surface area contributed by atoms with Crippen LogP contribution in [-0.2, 0) is 19.9 Å². The lowest BCUT2D eigenvalue weighted by Gasteiger charge is -2.08. The first-order chi connectivity index (χ1) is 9.20. The van der Waals surface area contributed by atoms with E-state index in [2.05, 4.69) is 25.6 Å². The van der Waals surface area contributed by atoms with Gasteiger partial charge in [0.25, 0.3) is 10.0 Å². The van der Waals surface area contributed by atoms with Crippen molar-refractivity contribution in [1.29, 1.82) is 0 Å². The summed E-state index contributed by atoms with van der Waals surface area (Å²) in [6.45, 7) is 0. The molecule has 2 rings (SSSR count). The fourth-order valence-electron chi connectivity index (χ4n) is 1.37. The number of sulfone groups is 1. The number of thiazole rings is 1. The van der Waals surface area contributed by atoms with E-state index in [1.165, 1.54) is 24.4 Å². The lowest BCUT2D eigenvalue weighted by Crippen LogP contribution is -2.13. The molecule has 0 aliphatic heterocycles. The van der Waals surface area contributed by atoms with E-state index < -0.39 is 19.9 Å². The van der Waals surface area contributed by atoms with E-state index in [1.807, 2.05) is 0 Å². The standard InChI is InChI=1S/C10H9BrN2O4S3/c1-19(14,15)7-2-3-9(8(11)6-7)20(16,17)13-10-12-4-5-18-10/h2-6H,1H3,(H,12,13). The summed E-state index contributed by atoms with van der Waals surface area (Å²) < 4.78 is 49.6. The van der Waals surface area contributed by atoms with E-state index in [-0.39, 0.29) is 19.4 Å². The molecule has 6 nitrogen and oxygen atoms in total. The van der Waals surface area contributed by atoms with Gasteiger partial charge in [-0.1, -0.05) is 0 Å². The molecule has 0 fully saturated rings. The quantitative estimate of drug-likeness (QED) is 0.853. The van der Waals surface area contributed by atoms with Crippen LogP contribution in [0.25, 0.3) is 0 Å². The van der Waals surface area contributed by atoms with Crippen LogP contribution in [0.15, 0.2) is 44.0 Å². The van der Waals surface area contributed by atoms with Crippen molar-refractivity contribution in [2.24, 2.45) is 0 Å². The molecular formula is C10H9BrN2O4S3. The number of nitrogens with zero attached hydrogens (tertiary/aromatic N) is 1.